The van der Waals surface area contributed by atoms with Gasteiger partial charge in [-0.05, 0) is 57.3 Å². The van der Waals surface area contributed by atoms with Gasteiger partial charge in [-0.15, -0.1) is 0 Å². The molecule has 0 radical (unpaired) electrons. The Morgan fingerprint density at radius 1 is 1.11 bits per heavy atom. The van der Waals surface area contributed by atoms with Crippen LogP contribution < -0.4 is 4.90 Å². The van der Waals surface area contributed by atoms with Crippen LogP contribution in [0, 0.1) is 0 Å². The summed E-state index contributed by atoms with van der Waals surface area (Å²) < 4.78 is 0. The van der Waals surface area contributed by atoms with Crippen LogP contribution >= 0.6 is 0 Å². The monoisotopic (exact) mass is 244 g/mol. The molecule has 2 aliphatic heterocycles. The van der Waals surface area contributed by atoms with Gasteiger partial charge in [0.25, 0.3) is 0 Å². The minimum absolute atomic E-state index is 0.559. The molecule has 1 aromatic carbocycles. The Kier molecular flexibility index (Phi) is 3.29. The Morgan fingerprint density at radius 3 is 2.44 bits per heavy atom. The SMILES string of the molecule is CN(CCC12CCCN1CCC2)c1ccccc1. The maximum atomic E-state index is 2.76. The number of rotatable bonds is 4. The minimum atomic E-state index is 0.559. The van der Waals surface area contributed by atoms with Crippen LogP contribution in [0.15, 0.2) is 30.3 Å². The van der Waals surface area contributed by atoms with Crippen molar-refractivity contribution < 1.29 is 0 Å². The molecule has 2 aliphatic rings. The van der Waals surface area contributed by atoms with Gasteiger partial charge in [0.1, 0.15) is 0 Å². The molecule has 0 spiro atoms. The second-order valence-corrected chi connectivity index (χ2v) is 5.93. The van der Waals surface area contributed by atoms with Gasteiger partial charge in [0.05, 0.1) is 0 Å². The van der Waals surface area contributed by atoms with E-state index in [0.29, 0.717) is 5.54 Å². The Labute approximate surface area is 111 Å². The van der Waals surface area contributed by atoms with E-state index in [1.165, 1.54) is 57.4 Å². The lowest BCUT2D eigenvalue weighted by Gasteiger charge is -2.34. The van der Waals surface area contributed by atoms with Gasteiger partial charge in [-0.3, -0.25) is 4.90 Å². The largest absolute Gasteiger partial charge is 0.375 e. The summed E-state index contributed by atoms with van der Waals surface area (Å²) in [5.74, 6) is 0. The van der Waals surface area contributed by atoms with Crippen molar-refractivity contribution in [3.8, 4) is 0 Å². The summed E-state index contributed by atoms with van der Waals surface area (Å²) in [6, 6.07) is 10.8. The van der Waals surface area contributed by atoms with Crippen LogP contribution in [0.4, 0.5) is 5.69 Å². The second kappa shape index (κ2) is 4.93. The lowest BCUT2D eigenvalue weighted by molar-refractivity contribution is 0.185. The molecule has 1 aromatic rings. The molecule has 0 unspecified atom stereocenters. The smallest absolute Gasteiger partial charge is 0.0363 e. The van der Waals surface area contributed by atoms with Gasteiger partial charge in [-0.2, -0.15) is 0 Å². The van der Waals surface area contributed by atoms with Crippen molar-refractivity contribution in [1.82, 2.24) is 4.90 Å². The van der Waals surface area contributed by atoms with Crippen molar-refractivity contribution in [3.05, 3.63) is 30.3 Å². The van der Waals surface area contributed by atoms with Gasteiger partial charge in [0, 0.05) is 24.8 Å². The fourth-order valence-electron chi connectivity index (χ4n) is 3.82. The van der Waals surface area contributed by atoms with E-state index in [1.54, 1.807) is 0 Å². The van der Waals surface area contributed by atoms with E-state index in [-0.39, 0.29) is 0 Å². The number of anilines is 1. The van der Waals surface area contributed by atoms with E-state index in [2.05, 4.69) is 47.2 Å². The van der Waals surface area contributed by atoms with E-state index >= 15 is 0 Å². The molecule has 2 saturated heterocycles. The van der Waals surface area contributed by atoms with Crippen molar-refractivity contribution in [3.63, 3.8) is 0 Å². The van der Waals surface area contributed by atoms with Crippen LogP contribution in [0.25, 0.3) is 0 Å². The normalized spacial score (nSPS) is 22.1. The van der Waals surface area contributed by atoms with Crippen molar-refractivity contribution in [2.24, 2.45) is 0 Å². The van der Waals surface area contributed by atoms with Crippen LogP contribution in [-0.4, -0.2) is 37.1 Å². The quantitative estimate of drug-likeness (QED) is 0.803. The Balaban J connectivity index is 1.61. The number of para-hydroxylation sites is 1. The Hall–Kier alpha value is -1.02. The first-order valence-electron chi connectivity index (χ1n) is 7.31. The molecular formula is C16H24N2. The molecule has 0 aliphatic carbocycles. The highest BCUT2D eigenvalue weighted by Crippen LogP contribution is 2.41. The topological polar surface area (TPSA) is 6.48 Å². The summed E-state index contributed by atoms with van der Waals surface area (Å²) >= 11 is 0. The third kappa shape index (κ3) is 2.14. The number of nitrogens with zero attached hydrogens (tertiary/aromatic N) is 2. The van der Waals surface area contributed by atoms with Crippen molar-refractivity contribution >= 4 is 5.69 Å². The molecule has 0 aromatic heterocycles. The van der Waals surface area contributed by atoms with E-state index in [9.17, 15) is 0 Å². The van der Waals surface area contributed by atoms with Crippen molar-refractivity contribution in [2.45, 2.75) is 37.6 Å². The van der Waals surface area contributed by atoms with Gasteiger partial charge >= 0.3 is 0 Å². The third-order valence-electron chi connectivity index (χ3n) is 4.92. The van der Waals surface area contributed by atoms with Crippen LogP contribution in [0.2, 0.25) is 0 Å². The summed E-state index contributed by atoms with van der Waals surface area (Å²) in [6.45, 7) is 3.87. The molecule has 0 amide bonds. The van der Waals surface area contributed by atoms with Gasteiger partial charge in [0.15, 0.2) is 0 Å². The predicted molar refractivity (Wildman–Crippen MR) is 77.1 cm³/mol. The van der Waals surface area contributed by atoms with E-state index < -0.39 is 0 Å². The zero-order chi connectivity index (χ0) is 12.4. The first-order valence-corrected chi connectivity index (χ1v) is 7.31. The zero-order valence-electron chi connectivity index (χ0n) is 11.4. The van der Waals surface area contributed by atoms with Gasteiger partial charge in [-0.25, -0.2) is 0 Å². The summed E-state index contributed by atoms with van der Waals surface area (Å²) in [5, 5.41) is 0. The summed E-state index contributed by atoms with van der Waals surface area (Å²) in [4.78, 5) is 5.16. The van der Waals surface area contributed by atoms with Crippen LogP contribution in [-0.2, 0) is 0 Å². The number of hydrogen-bond acceptors (Lipinski definition) is 2. The van der Waals surface area contributed by atoms with Gasteiger partial charge in [0.2, 0.25) is 0 Å². The molecule has 2 fully saturated rings. The van der Waals surface area contributed by atoms with Gasteiger partial charge in [-0.1, -0.05) is 18.2 Å². The molecular weight excluding hydrogens is 220 g/mol. The first kappa shape index (κ1) is 12.0. The molecule has 0 bridgehead atoms. The lowest BCUT2D eigenvalue weighted by Crippen LogP contribution is -2.40. The molecule has 18 heavy (non-hydrogen) atoms. The molecule has 0 saturated carbocycles. The zero-order valence-corrected chi connectivity index (χ0v) is 11.4. The highest BCUT2D eigenvalue weighted by Gasteiger charge is 2.43. The highest BCUT2D eigenvalue weighted by molar-refractivity contribution is 5.44. The molecule has 98 valence electrons. The van der Waals surface area contributed by atoms with Crippen LogP contribution in [0.3, 0.4) is 0 Å². The predicted octanol–water partition coefficient (Wildman–Crippen LogP) is 3.14. The Bertz CT molecular complexity index is 377. The first-order chi connectivity index (χ1) is 8.80. The maximum absolute atomic E-state index is 2.76. The van der Waals surface area contributed by atoms with Crippen molar-refractivity contribution in [1.29, 1.82) is 0 Å². The van der Waals surface area contributed by atoms with E-state index in [0.717, 1.165) is 0 Å². The highest BCUT2D eigenvalue weighted by atomic mass is 15.2. The van der Waals surface area contributed by atoms with Crippen molar-refractivity contribution in [2.75, 3.05) is 31.6 Å². The fraction of sp³-hybridized carbons (Fsp3) is 0.625. The third-order valence-corrected chi connectivity index (χ3v) is 4.92. The average Bonchev–Trinajstić information content (AvgIpc) is 2.96. The minimum Gasteiger partial charge on any atom is -0.375 e. The molecule has 0 atom stereocenters. The maximum Gasteiger partial charge on any atom is 0.0363 e. The molecule has 2 heteroatoms. The molecule has 2 heterocycles. The summed E-state index contributed by atoms with van der Waals surface area (Å²) in [7, 11) is 2.22. The second-order valence-electron chi connectivity index (χ2n) is 5.93. The van der Waals surface area contributed by atoms with E-state index in [1.807, 2.05) is 0 Å². The fourth-order valence-corrected chi connectivity index (χ4v) is 3.82. The standard InChI is InChI=1S/C16H24N2/c1-17(15-7-3-2-4-8-15)14-11-16-9-5-12-18(16)13-6-10-16/h2-4,7-8H,5-6,9-14H2,1H3. The van der Waals surface area contributed by atoms with Crippen LogP contribution in [0.5, 0.6) is 0 Å². The number of benzene rings is 1. The molecule has 3 rings (SSSR count). The van der Waals surface area contributed by atoms with Gasteiger partial charge < -0.3 is 4.90 Å². The average molecular weight is 244 g/mol. The van der Waals surface area contributed by atoms with Crippen LogP contribution in [0.1, 0.15) is 32.1 Å². The number of fused-ring (bicyclic) bond motifs is 1. The lowest BCUT2D eigenvalue weighted by atomic mass is 9.90. The molecule has 2 nitrogen and oxygen atoms in total. The van der Waals surface area contributed by atoms with E-state index in [4.69, 9.17) is 0 Å². The summed E-state index contributed by atoms with van der Waals surface area (Å²) in [6.07, 6.45) is 7.01. The number of hydrogen-bond donors (Lipinski definition) is 0. The molecule has 0 N–H and O–H groups in total. The summed E-state index contributed by atoms with van der Waals surface area (Å²) in [5.41, 5.74) is 1.90. The Morgan fingerprint density at radius 2 is 1.78 bits per heavy atom.